The molecule has 2 heterocycles. The van der Waals surface area contributed by atoms with Gasteiger partial charge in [-0.25, -0.2) is 0 Å². The van der Waals surface area contributed by atoms with Crippen LogP contribution in [0.3, 0.4) is 0 Å². The van der Waals surface area contributed by atoms with E-state index in [-0.39, 0.29) is 24.4 Å². The molecule has 1 aromatic carbocycles. The molecular weight excluding hydrogens is 348 g/mol. The minimum Gasteiger partial charge on any atom is -0.352 e. The smallest absolute Gasteiger partial charge is 0.261 e. The van der Waals surface area contributed by atoms with Crippen LogP contribution in [-0.2, 0) is 11.3 Å². The summed E-state index contributed by atoms with van der Waals surface area (Å²) in [6.45, 7) is 6.33. The number of nitrogens with one attached hydrogen (secondary N) is 2. The fraction of sp³-hybridized carbons (Fsp3) is 0.316. The lowest BCUT2D eigenvalue weighted by atomic mass is 10.2. The first kappa shape index (κ1) is 18.1. The number of aromatic nitrogens is 2. The van der Waals surface area contributed by atoms with Crippen LogP contribution in [0.4, 0.5) is 0 Å². The number of aryl methyl sites for hydroxylation is 1. The van der Waals surface area contributed by atoms with E-state index in [9.17, 15) is 9.59 Å². The van der Waals surface area contributed by atoms with Crippen molar-refractivity contribution >= 4 is 33.4 Å². The molecular formula is C19H22N4O2S. The van der Waals surface area contributed by atoms with Gasteiger partial charge in [-0.05, 0) is 32.4 Å². The van der Waals surface area contributed by atoms with Crippen LogP contribution in [-0.4, -0.2) is 34.2 Å². The SMILES string of the molecule is Cc1nn(Cc2ccccc2)c2sc(C(=O)NCC(=O)NC(C)C)cc12. The highest BCUT2D eigenvalue weighted by atomic mass is 32.1. The Hall–Kier alpha value is -2.67. The number of benzene rings is 1. The van der Waals surface area contributed by atoms with Crippen molar-refractivity contribution in [3.63, 3.8) is 0 Å². The standard InChI is InChI=1S/C19H22N4O2S/c1-12(2)21-17(24)10-20-18(25)16-9-15-13(3)22-23(19(15)26-16)11-14-7-5-4-6-8-14/h4-9,12H,10-11H2,1-3H3,(H,20,25)(H,21,24). The second-order valence-electron chi connectivity index (χ2n) is 6.46. The van der Waals surface area contributed by atoms with Crippen molar-refractivity contribution in [2.24, 2.45) is 0 Å². The average molecular weight is 370 g/mol. The van der Waals surface area contributed by atoms with E-state index in [1.54, 1.807) is 0 Å². The van der Waals surface area contributed by atoms with Gasteiger partial charge in [-0.1, -0.05) is 30.3 Å². The van der Waals surface area contributed by atoms with E-state index >= 15 is 0 Å². The Kier molecular flexibility index (Phi) is 5.37. The minimum atomic E-state index is -0.240. The van der Waals surface area contributed by atoms with Gasteiger partial charge in [0.1, 0.15) is 4.83 Å². The summed E-state index contributed by atoms with van der Waals surface area (Å²) in [5.74, 6) is -0.434. The summed E-state index contributed by atoms with van der Waals surface area (Å²) in [5.41, 5.74) is 2.05. The zero-order valence-corrected chi connectivity index (χ0v) is 15.9. The van der Waals surface area contributed by atoms with Gasteiger partial charge in [0.05, 0.1) is 23.7 Å². The fourth-order valence-corrected chi connectivity index (χ4v) is 3.79. The lowest BCUT2D eigenvalue weighted by Gasteiger charge is -2.08. The number of rotatable bonds is 6. The molecule has 0 aliphatic carbocycles. The highest BCUT2D eigenvalue weighted by Gasteiger charge is 2.17. The quantitative estimate of drug-likeness (QED) is 0.700. The zero-order chi connectivity index (χ0) is 18.7. The molecule has 6 nitrogen and oxygen atoms in total. The zero-order valence-electron chi connectivity index (χ0n) is 15.1. The number of carbonyl (C=O) groups is 2. The van der Waals surface area contributed by atoms with Gasteiger partial charge in [0.15, 0.2) is 0 Å². The number of carbonyl (C=O) groups excluding carboxylic acids is 2. The lowest BCUT2D eigenvalue weighted by Crippen LogP contribution is -2.39. The summed E-state index contributed by atoms with van der Waals surface area (Å²) < 4.78 is 1.92. The highest BCUT2D eigenvalue weighted by molar-refractivity contribution is 7.20. The monoisotopic (exact) mass is 370 g/mol. The predicted molar refractivity (Wildman–Crippen MR) is 104 cm³/mol. The summed E-state index contributed by atoms with van der Waals surface area (Å²) in [7, 11) is 0. The van der Waals surface area contributed by atoms with Gasteiger partial charge in [0, 0.05) is 11.4 Å². The second-order valence-corrected chi connectivity index (χ2v) is 7.49. The Morgan fingerprint density at radius 3 is 2.65 bits per heavy atom. The van der Waals surface area contributed by atoms with Crippen LogP contribution in [0.15, 0.2) is 36.4 Å². The van der Waals surface area contributed by atoms with Crippen LogP contribution in [0, 0.1) is 6.92 Å². The maximum Gasteiger partial charge on any atom is 0.261 e. The third kappa shape index (κ3) is 4.11. The van der Waals surface area contributed by atoms with E-state index in [0.717, 1.165) is 21.5 Å². The van der Waals surface area contributed by atoms with Crippen LogP contribution < -0.4 is 10.6 Å². The highest BCUT2D eigenvalue weighted by Crippen LogP contribution is 2.28. The molecule has 26 heavy (non-hydrogen) atoms. The van der Waals surface area contributed by atoms with Crippen molar-refractivity contribution in [2.45, 2.75) is 33.4 Å². The number of hydrogen-bond acceptors (Lipinski definition) is 4. The Balaban J connectivity index is 1.75. The van der Waals surface area contributed by atoms with E-state index in [4.69, 9.17) is 0 Å². The molecule has 0 fully saturated rings. The number of thiophene rings is 1. The van der Waals surface area contributed by atoms with Crippen molar-refractivity contribution in [2.75, 3.05) is 6.54 Å². The molecule has 136 valence electrons. The van der Waals surface area contributed by atoms with Crippen molar-refractivity contribution in [3.05, 3.63) is 52.5 Å². The van der Waals surface area contributed by atoms with Crippen molar-refractivity contribution in [1.82, 2.24) is 20.4 Å². The van der Waals surface area contributed by atoms with Gasteiger partial charge in [-0.3, -0.25) is 14.3 Å². The second kappa shape index (κ2) is 7.70. The first-order valence-corrected chi connectivity index (χ1v) is 9.34. The van der Waals surface area contributed by atoms with E-state index in [2.05, 4.69) is 27.9 Å². The maximum absolute atomic E-state index is 12.4. The van der Waals surface area contributed by atoms with Crippen molar-refractivity contribution < 1.29 is 9.59 Å². The van der Waals surface area contributed by atoms with E-state index in [0.29, 0.717) is 11.4 Å². The number of nitrogens with zero attached hydrogens (tertiary/aromatic N) is 2. The van der Waals surface area contributed by atoms with Gasteiger partial charge in [-0.15, -0.1) is 11.3 Å². The number of hydrogen-bond donors (Lipinski definition) is 2. The summed E-state index contributed by atoms with van der Waals surface area (Å²) in [6, 6.07) is 12.0. The van der Waals surface area contributed by atoms with Gasteiger partial charge in [-0.2, -0.15) is 5.10 Å². The van der Waals surface area contributed by atoms with Crippen molar-refractivity contribution in [3.8, 4) is 0 Å². The van der Waals surface area contributed by atoms with E-state index in [1.807, 2.05) is 49.7 Å². The fourth-order valence-electron chi connectivity index (χ4n) is 2.71. The molecule has 0 bridgehead atoms. The molecule has 7 heteroatoms. The van der Waals surface area contributed by atoms with Gasteiger partial charge >= 0.3 is 0 Å². The molecule has 0 spiro atoms. The molecule has 3 aromatic rings. The Bertz CT molecular complexity index is 928. The normalized spacial score (nSPS) is 11.1. The molecule has 0 saturated carbocycles. The van der Waals surface area contributed by atoms with Gasteiger partial charge in [0.25, 0.3) is 5.91 Å². The molecule has 0 radical (unpaired) electrons. The molecule has 2 aromatic heterocycles. The first-order chi connectivity index (χ1) is 12.4. The third-order valence-corrected chi connectivity index (χ3v) is 5.01. The molecule has 0 atom stereocenters. The Labute approximate surface area is 156 Å². The summed E-state index contributed by atoms with van der Waals surface area (Å²) in [5, 5.41) is 11.0. The number of fused-ring (bicyclic) bond motifs is 1. The molecule has 0 unspecified atom stereocenters. The summed E-state index contributed by atoms with van der Waals surface area (Å²) in [4.78, 5) is 25.6. The van der Waals surface area contributed by atoms with Crippen LogP contribution in [0.1, 0.15) is 34.8 Å². The van der Waals surface area contributed by atoms with Crippen LogP contribution in [0.25, 0.3) is 10.2 Å². The maximum atomic E-state index is 12.4. The number of amides is 2. The minimum absolute atomic E-state index is 0.0274. The van der Waals surface area contributed by atoms with Gasteiger partial charge < -0.3 is 10.6 Å². The van der Waals surface area contributed by atoms with Gasteiger partial charge in [0.2, 0.25) is 5.91 Å². The molecule has 0 aliphatic heterocycles. The molecule has 3 rings (SSSR count). The lowest BCUT2D eigenvalue weighted by molar-refractivity contribution is -0.120. The predicted octanol–water partition coefficient (Wildman–Crippen LogP) is 2.71. The molecule has 0 aliphatic rings. The third-order valence-electron chi connectivity index (χ3n) is 3.87. The van der Waals surface area contributed by atoms with Crippen LogP contribution in [0.5, 0.6) is 0 Å². The van der Waals surface area contributed by atoms with E-state index < -0.39 is 0 Å². The Morgan fingerprint density at radius 1 is 1.23 bits per heavy atom. The topological polar surface area (TPSA) is 76.0 Å². The largest absolute Gasteiger partial charge is 0.352 e. The first-order valence-electron chi connectivity index (χ1n) is 8.52. The molecule has 2 N–H and O–H groups in total. The average Bonchev–Trinajstić information content (AvgIpc) is 3.15. The van der Waals surface area contributed by atoms with Crippen LogP contribution in [0.2, 0.25) is 0 Å². The summed E-state index contributed by atoms with van der Waals surface area (Å²) >= 11 is 1.39. The summed E-state index contributed by atoms with van der Waals surface area (Å²) in [6.07, 6.45) is 0. The molecule has 0 saturated heterocycles. The Morgan fingerprint density at radius 2 is 1.96 bits per heavy atom. The van der Waals surface area contributed by atoms with Crippen molar-refractivity contribution in [1.29, 1.82) is 0 Å². The van der Waals surface area contributed by atoms with E-state index in [1.165, 1.54) is 11.3 Å². The van der Waals surface area contributed by atoms with Crippen LogP contribution >= 0.6 is 11.3 Å². The molecule has 2 amide bonds.